The molecule has 3 aliphatic rings. The molecule has 19 heavy (non-hydrogen) atoms. The molecule has 0 aromatic rings. The normalized spacial score (nSPS) is 42.3. The van der Waals surface area contributed by atoms with Gasteiger partial charge in [0.25, 0.3) is 0 Å². The zero-order chi connectivity index (χ0) is 14.1. The SMILES string of the molecule is CCC1(O)CN(C(=O)C2(N)C3CCOC3C2(C)C)C1. The minimum atomic E-state index is -0.830. The van der Waals surface area contributed by atoms with Crippen LogP contribution in [-0.2, 0) is 9.53 Å². The molecule has 0 spiro atoms. The van der Waals surface area contributed by atoms with E-state index in [1.165, 1.54) is 0 Å². The molecule has 0 bridgehead atoms. The van der Waals surface area contributed by atoms with E-state index < -0.39 is 11.1 Å². The van der Waals surface area contributed by atoms with Crippen molar-refractivity contribution >= 4 is 5.91 Å². The molecule has 0 aromatic heterocycles. The number of carbonyl (C=O) groups is 1. The van der Waals surface area contributed by atoms with E-state index in [2.05, 4.69) is 0 Å². The van der Waals surface area contributed by atoms with Crippen LogP contribution < -0.4 is 5.73 Å². The molecule has 1 amide bonds. The van der Waals surface area contributed by atoms with Gasteiger partial charge in [0.15, 0.2) is 0 Å². The van der Waals surface area contributed by atoms with Gasteiger partial charge in [-0.2, -0.15) is 0 Å². The lowest BCUT2D eigenvalue weighted by Gasteiger charge is -2.63. The highest BCUT2D eigenvalue weighted by atomic mass is 16.5. The minimum Gasteiger partial charge on any atom is -0.386 e. The number of hydrogen-bond donors (Lipinski definition) is 2. The number of carbonyl (C=O) groups excluding carboxylic acids is 1. The predicted octanol–water partition coefficient (Wildman–Crippen LogP) is 0.112. The van der Waals surface area contributed by atoms with Crippen LogP contribution in [0.15, 0.2) is 0 Å². The van der Waals surface area contributed by atoms with Gasteiger partial charge >= 0.3 is 0 Å². The Labute approximate surface area is 114 Å². The third-order valence-electron chi connectivity index (χ3n) is 5.72. The smallest absolute Gasteiger partial charge is 0.243 e. The second-order valence-electron chi connectivity index (χ2n) is 7.02. The van der Waals surface area contributed by atoms with E-state index in [1.54, 1.807) is 4.90 Å². The van der Waals surface area contributed by atoms with Crippen molar-refractivity contribution in [3.63, 3.8) is 0 Å². The number of β-amino-alcohol motifs (C(OH)–C–C–N with tert-alkyl or cyclic N) is 1. The first-order valence-corrected chi connectivity index (χ1v) is 7.18. The van der Waals surface area contributed by atoms with Crippen molar-refractivity contribution in [2.45, 2.75) is 50.9 Å². The van der Waals surface area contributed by atoms with Gasteiger partial charge in [0.2, 0.25) is 5.91 Å². The van der Waals surface area contributed by atoms with Gasteiger partial charge < -0.3 is 20.5 Å². The van der Waals surface area contributed by atoms with Crippen LogP contribution in [0.5, 0.6) is 0 Å². The highest BCUT2D eigenvalue weighted by molar-refractivity contribution is 5.90. The van der Waals surface area contributed by atoms with Crippen molar-refractivity contribution in [3.8, 4) is 0 Å². The summed E-state index contributed by atoms with van der Waals surface area (Å²) in [6, 6.07) is 0. The third kappa shape index (κ3) is 1.44. The summed E-state index contributed by atoms with van der Waals surface area (Å²) < 4.78 is 5.71. The van der Waals surface area contributed by atoms with E-state index >= 15 is 0 Å². The Hall–Kier alpha value is -0.650. The van der Waals surface area contributed by atoms with Gasteiger partial charge in [0.1, 0.15) is 5.54 Å². The summed E-state index contributed by atoms with van der Waals surface area (Å²) in [5.74, 6) is 0.118. The Kier molecular flexibility index (Phi) is 2.61. The van der Waals surface area contributed by atoms with Crippen LogP contribution in [0.3, 0.4) is 0 Å². The lowest BCUT2D eigenvalue weighted by atomic mass is 9.47. The summed E-state index contributed by atoms with van der Waals surface area (Å²) in [4.78, 5) is 14.4. The number of ether oxygens (including phenoxy) is 1. The summed E-state index contributed by atoms with van der Waals surface area (Å²) in [5.41, 5.74) is 4.64. The average Bonchev–Trinajstić information content (AvgIpc) is 2.81. The standard InChI is InChI=1S/C14H24N2O3/c1-4-13(18)7-16(8-13)11(17)14(15)9-5-6-19-10(9)12(14,2)3/h9-10,18H,4-8,15H2,1-3H3. The summed E-state index contributed by atoms with van der Waals surface area (Å²) in [5, 5.41) is 10.1. The third-order valence-corrected chi connectivity index (χ3v) is 5.72. The van der Waals surface area contributed by atoms with Crippen LogP contribution in [0.25, 0.3) is 0 Å². The summed E-state index contributed by atoms with van der Waals surface area (Å²) in [7, 11) is 0. The van der Waals surface area contributed by atoms with E-state index in [4.69, 9.17) is 10.5 Å². The summed E-state index contributed by atoms with van der Waals surface area (Å²) >= 11 is 0. The molecule has 3 unspecified atom stereocenters. The van der Waals surface area contributed by atoms with Gasteiger partial charge in [-0.05, 0) is 12.8 Å². The first kappa shape index (κ1) is 13.3. The maximum Gasteiger partial charge on any atom is 0.243 e. The molecule has 2 saturated heterocycles. The molecule has 2 aliphatic heterocycles. The van der Waals surface area contributed by atoms with Crippen molar-refractivity contribution in [1.29, 1.82) is 0 Å². The zero-order valence-electron chi connectivity index (χ0n) is 12.0. The number of aliphatic hydroxyl groups is 1. The second-order valence-corrected chi connectivity index (χ2v) is 7.02. The van der Waals surface area contributed by atoms with Gasteiger partial charge in [-0.1, -0.05) is 20.8 Å². The number of rotatable bonds is 2. The van der Waals surface area contributed by atoms with Crippen molar-refractivity contribution in [3.05, 3.63) is 0 Å². The fourth-order valence-corrected chi connectivity index (χ4v) is 4.11. The Morgan fingerprint density at radius 3 is 2.68 bits per heavy atom. The summed E-state index contributed by atoms with van der Waals surface area (Å²) in [6.45, 7) is 7.50. The van der Waals surface area contributed by atoms with Crippen molar-refractivity contribution < 1.29 is 14.6 Å². The topological polar surface area (TPSA) is 75.8 Å². The van der Waals surface area contributed by atoms with Gasteiger partial charge in [-0.15, -0.1) is 0 Å². The highest BCUT2D eigenvalue weighted by Crippen LogP contribution is 2.59. The maximum atomic E-state index is 12.7. The number of hydrogen-bond acceptors (Lipinski definition) is 4. The van der Waals surface area contributed by atoms with Crippen LogP contribution in [0.2, 0.25) is 0 Å². The molecule has 0 aromatic carbocycles. The fraction of sp³-hybridized carbons (Fsp3) is 0.929. The van der Waals surface area contributed by atoms with E-state index in [0.717, 1.165) is 6.42 Å². The molecule has 5 heteroatoms. The monoisotopic (exact) mass is 268 g/mol. The van der Waals surface area contributed by atoms with E-state index in [-0.39, 0.29) is 23.3 Å². The Morgan fingerprint density at radius 2 is 2.11 bits per heavy atom. The average molecular weight is 268 g/mol. The largest absolute Gasteiger partial charge is 0.386 e. The molecule has 3 atom stereocenters. The number of nitrogens with zero attached hydrogens (tertiary/aromatic N) is 1. The van der Waals surface area contributed by atoms with Crippen LogP contribution in [0.4, 0.5) is 0 Å². The van der Waals surface area contributed by atoms with Crippen molar-refractivity contribution in [1.82, 2.24) is 4.90 Å². The van der Waals surface area contributed by atoms with Gasteiger partial charge in [0.05, 0.1) is 24.8 Å². The lowest BCUT2D eigenvalue weighted by molar-refractivity contribution is -0.199. The number of likely N-dealkylation sites (tertiary alicyclic amines) is 1. The highest BCUT2D eigenvalue weighted by Gasteiger charge is 2.72. The Balaban J connectivity index is 1.77. The van der Waals surface area contributed by atoms with Gasteiger partial charge in [-0.25, -0.2) is 0 Å². The zero-order valence-corrected chi connectivity index (χ0v) is 12.0. The van der Waals surface area contributed by atoms with Crippen molar-refractivity contribution in [2.24, 2.45) is 17.1 Å². The molecule has 108 valence electrons. The minimum absolute atomic E-state index is 0.0117. The number of nitrogens with two attached hydrogens (primary N) is 1. The van der Waals surface area contributed by atoms with Gasteiger partial charge in [-0.3, -0.25) is 4.79 Å². The number of fused-ring (bicyclic) bond motifs is 1. The Morgan fingerprint density at radius 1 is 1.47 bits per heavy atom. The second kappa shape index (κ2) is 3.71. The first-order valence-electron chi connectivity index (χ1n) is 7.18. The van der Waals surface area contributed by atoms with E-state index in [1.807, 2.05) is 20.8 Å². The van der Waals surface area contributed by atoms with Crippen LogP contribution in [-0.4, -0.2) is 52.9 Å². The molecular weight excluding hydrogens is 244 g/mol. The quantitative estimate of drug-likeness (QED) is 0.745. The molecule has 3 N–H and O–H groups in total. The molecule has 0 radical (unpaired) electrons. The first-order chi connectivity index (χ1) is 8.76. The fourth-order valence-electron chi connectivity index (χ4n) is 4.11. The molecule has 5 nitrogen and oxygen atoms in total. The van der Waals surface area contributed by atoms with Gasteiger partial charge in [0, 0.05) is 17.9 Å². The molecule has 2 heterocycles. The van der Waals surface area contributed by atoms with Crippen molar-refractivity contribution in [2.75, 3.05) is 19.7 Å². The van der Waals surface area contributed by atoms with Crippen LogP contribution >= 0.6 is 0 Å². The molecule has 3 rings (SSSR count). The van der Waals surface area contributed by atoms with Crippen LogP contribution in [0.1, 0.15) is 33.6 Å². The predicted molar refractivity (Wildman–Crippen MR) is 70.4 cm³/mol. The van der Waals surface area contributed by atoms with E-state index in [9.17, 15) is 9.90 Å². The molecule has 1 saturated carbocycles. The maximum absolute atomic E-state index is 12.7. The van der Waals surface area contributed by atoms with E-state index in [0.29, 0.717) is 26.1 Å². The van der Waals surface area contributed by atoms with Crippen LogP contribution in [0, 0.1) is 11.3 Å². The number of amides is 1. The Bertz CT molecular complexity index is 417. The lowest BCUT2D eigenvalue weighted by Crippen LogP contribution is -2.82. The molecule has 3 fully saturated rings. The molecular formula is C14H24N2O3. The summed E-state index contributed by atoms with van der Waals surface area (Å²) in [6.07, 6.45) is 1.64. The molecule has 1 aliphatic carbocycles.